The summed E-state index contributed by atoms with van der Waals surface area (Å²) in [7, 11) is 0. The number of aryl methyl sites for hydroxylation is 2. The van der Waals surface area contributed by atoms with E-state index in [1.165, 1.54) is 5.56 Å². The van der Waals surface area contributed by atoms with Gasteiger partial charge in [0.05, 0.1) is 6.54 Å². The number of aromatic nitrogens is 3. The molecule has 2 rings (SSSR count). The van der Waals surface area contributed by atoms with Crippen molar-refractivity contribution in [2.24, 2.45) is 0 Å². The highest BCUT2D eigenvalue weighted by Crippen LogP contribution is 2.10. The van der Waals surface area contributed by atoms with Crippen LogP contribution in [0.15, 0.2) is 24.5 Å². The average Bonchev–Trinajstić information content (AvgIpc) is 2.50. The van der Waals surface area contributed by atoms with Gasteiger partial charge in [0.2, 0.25) is 0 Å². The Labute approximate surface area is 88.8 Å². The lowest BCUT2D eigenvalue weighted by Gasteiger charge is -2.04. The minimum atomic E-state index is 0.594. The molecule has 0 saturated carbocycles. The number of nitrogens with zero attached hydrogens (tertiary/aromatic N) is 3. The van der Waals surface area contributed by atoms with Crippen molar-refractivity contribution in [3.63, 3.8) is 0 Å². The first-order valence-electron chi connectivity index (χ1n) is 4.87. The van der Waals surface area contributed by atoms with Gasteiger partial charge in [-0.05, 0) is 25.5 Å². The van der Waals surface area contributed by atoms with E-state index in [2.05, 4.69) is 16.1 Å². The van der Waals surface area contributed by atoms with E-state index < -0.39 is 0 Å². The highest BCUT2D eigenvalue weighted by atomic mass is 15.3. The number of pyridine rings is 1. The second-order valence-corrected chi connectivity index (χ2v) is 3.64. The summed E-state index contributed by atoms with van der Waals surface area (Å²) in [4.78, 5) is 4.23. The molecule has 78 valence electrons. The lowest BCUT2D eigenvalue weighted by atomic mass is 10.2. The smallest absolute Gasteiger partial charge is 0.148 e. The van der Waals surface area contributed by atoms with E-state index in [1.54, 1.807) is 6.20 Å². The summed E-state index contributed by atoms with van der Waals surface area (Å²) in [5.41, 5.74) is 8.89. The van der Waals surface area contributed by atoms with Crippen molar-refractivity contribution in [2.45, 2.75) is 20.4 Å². The first-order chi connectivity index (χ1) is 7.16. The van der Waals surface area contributed by atoms with E-state index in [4.69, 9.17) is 5.73 Å². The molecule has 0 atom stereocenters. The van der Waals surface area contributed by atoms with Gasteiger partial charge in [-0.3, -0.25) is 9.67 Å². The Bertz CT molecular complexity index is 454. The van der Waals surface area contributed by atoms with Gasteiger partial charge in [-0.1, -0.05) is 6.07 Å². The summed E-state index contributed by atoms with van der Waals surface area (Å²) >= 11 is 0. The van der Waals surface area contributed by atoms with Gasteiger partial charge < -0.3 is 5.73 Å². The first kappa shape index (κ1) is 9.71. The van der Waals surface area contributed by atoms with Crippen LogP contribution >= 0.6 is 0 Å². The van der Waals surface area contributed by atoms with Gasteiger partial charge in [-0.25, -0.2) is 0 Å². The molecule has 4 heteroatoms. The lowest BCUT2D eigenvalue weighted by Crippen LogP contribution is -2.03. The van der Waals surface area contributed by atoms with Crippen LogP contribution in [0.2, 0.25) is 0 Å². The monoisotopic (exact) mass is 202 g/mol. The van der Waals surface area contributed by atoms with E-state index in [0.717, 1.165) is 17.8 Å². The molecule has 0 unspecified atom stereocenters. The van der Waals surface area contributed by atoms with Gasteiger partial charge in [0.15, 0.2) is 0 Å². The molecule has 0 spiro atoms. The molecule has 0 saturated heterocycles. The molecule has 15 heavy (non-hydrogen) atoms. The van der Waals surface area contributed by atoms with Gasteiger partial charge in [0.1, 0.15) is 5.82 Å². The Hall–Kier alpha value is -1.84. The molecule has 0 bridgehead atoms. The fourth-order valence-electron chi connectivity index (χ4n) is 1.48. The van der Waals surface area contributed by atoms with Crippen molar-refractivity contribution in [3.8, 4) is 0 Å². The average molecular weight is 202 g/mol. The zero-order valence-corrected chi connectivity index (χ0v) is 8.94. The van der Waals surface area contributed by atoms with Gasteiger partial charge in [0, 0.05) is 23.7 Å². The van der Waals surface area contributed by atoms with Crippen LogP contribution in [0.5, 0.6) is 0 Å². The molecular formula is C11H14N4. The van der Waals surface area contributed by atoms with E-state index in [0.29, 0.717) is 5.82 Å². The summed E-state index contributed by atoms with van der Waals surface area (Å²) in [6, 6.07) is 3.98. The van der Waals surface area contributed by atoms with Crippen molar-refractivity contribution in [1.29, 1.82) is 0 Å². The zero-order valence-electron chi connectivity index (χ0n) is 8.94. The maximum Gasteiger partial charge on any atom is 0.148 e. The van der Waals surface area contributed by atoms with Crippen LogP contribution in [0.1, 0.15) is 16.8 Å². The Morgan fingerprint density at radius 1 is 1.40 bits per heavy atom. The minimum Gasteiger partial charge on any atom is -0.382 e. The third-order valence-corrected chi connectivity index (χ3v) is 2.43. The minimum absolute atomic E-state index is 0.594. The normalized spacial score (nSPS) is 10.5. The maximum atomic E-state index is 5.68. The van der Waals surface area contributed by atoms with Gasteiger partial charge in [0.25, 0.3) is 0 Å². The fourth-order valence-corrected chi connectivity index (χ4v) is 1.48. The van der Waals surface area contributed by atoms with Gasteiger partial charge in [-0.2, -0.15) is 5.10 Å². The Kier molecular flexibility index (Phi) is 2.41. The molecule has 2 heterocycles. The van der Waals surface area contributed by atoms with Crippen LogP contribution in [-0.4, -0.2) is 14.8 Å². The quantitative estimate of drug-likeness (QED) is 0.803. The number of nitrogens with two attached hydrogens (primary N) is 1. The summed E-state index contributed by atoms with van der Waals surface area (Å²) in [6.07, 6.45) is 3.74. The molecule has 0 aliphatic heterocycles. The van der Waals surface area contributed by atoms with Crippen LogP contribution in [0, 0.1) is 13.8 Å². The molecule has 0 aromatic carbocycles. The molecular weight excluding hydrogens is 188 g/mol. The van der Waals surface area contributed by atoms with Crippen LogP contribution in [0.25, 0.3) is 0 Å². The first-order valence-corrected chi connectivity index (χ1v) is 4.87. The van der Waals surface area contributed by atoms with E-state index in [1.807, 2.05) is 30.8 Å². The van der Waals surface area contributed by atoms with Crippen LogP contribution in [0.4, 0.5) is 5.82 Å². The molecule has 2 N–H and O–H groups in total. The molecule has 0 radical (unpaired) electrons. The summed E-state index contributed by atoms with van der Waals surface area (Å²) in [6.45, 7) is 4.67. The van der Waals surface area contributed by atoms with Crippen molar-refractivity contribution < 1.29 is 0 Å². The Morgan fingerprint density at radius 3 is 2.80 bits per heavy atom. The fraction of sp³-hybridized carbons (Fsp3) is 0.273. The number of hydrogen-bond acceptors (Lipinski definition) is 3. The van der Waals surface area contributed by atoms with E-state index in [-0.39, 0.29) is 0 Å². The Morgan fingerprint density at radius 2 is 2.20 bits per heavy atom. The number of rotatable bonds is 2. The molecule has 0 fully saturated rings. The Balaban J connectivity index is 2.26. The molecule has 2 aromatic heterocycles. The summed E-state index contributed by atoms with van der Waals surface area (Å²) < 4.78 is 1.84. The second-order valence-electron chi connectivity index (χ2n) is 3.64. The number of anilines is 1. The molecule has 0 aliphatic carbocycles. The standard InChI is InChI=1S/C11H14N4/c1-8-6-15(14-11(8)12)7-10-4-3-5-13-9(10)2/h3-6H,7H2,1-2H3,(H2,12,14). The largest absolute Gasteiger partial charge is 0.382 e. The summed E-state index contributed by atoms with van der Waals surface area (Å²) in [5.74, 6) is 0.594. The van der Waals surface area contributed by atoms with Crippen molar-refractivity contribution in [1.82, 2.24) is 14.8 Å². The SMILES string of the molecule is Cc1cn(Cc2cccnc2C)nc1N. The predicted octanol–water partition coefficient (Wildman–Crippen LogP) is 1.53. The van der Waals surface area contributed by atoms with E-state index >= 15 is 0 Å². The molecule has 2 aromatic rings. The van der Waals surface area contributed by atoms with Crippen LogP contribution in [0.3, 0.4) is 0 Å². The second kappa shape index (κ2) is 3.73. The molecule has 0 amide bonds. The topological polar surface area (TPSA) is 56.7 Å². The maximum absolute atomic E-state index is 5.68. The number of hydrogen-bond donors (Lipinski definition) is 1. The van der Waals surface area contributed by atoms with Crippen molar-refractivity contribution in [2.75, 3.05) is 5.73 Å². The highest BCUT2D eigenvalue weighted by Gasteiger charge is 2.03. The third kappa shape index (κ3) is 1.98. The summed E-state index contributed by atoms with van der Waals surface area (Å²) in [5, 5.41) is 4.21. The highest BCUT2D eigenvalue weighted by molar-refractivity contribution is 5.36. The van der Waals surface area contributed by atoms with Crippen LogP contribution in [-0.2, 0) is 6.54 Å². The van der Waals surface area contributed by atoms with Gasteiger partial charge >= 0.3 is 0 Å². The van der Waals surface area contributed by atoms with Gasteiger partial charge in [-0.15, -0.1) is 0 Å². The number of nitrogen functional groups attached to an aromatic ring is 1. The molecule has 4 nitrogen and oxygen atoms in total. The third-order valence-electron chi connectivity index (χ3n) is 2.43. The molecule has 0 aliphatic rings. The lowest BCUT2D eigenvalue weighted by molar-refractivity contribution is 0.683. The predicted molar refractivity (Wildman–Crippen MR) is 59.5 cm³/mol. The van der Waals surface area contributed by atoms with Crippen molar-refractivity contribution >= 4 is 5.82 Å². The van der Waals surface area contributed by atoms with Crippen molar-refractivity contribution in [3.05, 3.63) is 41.3 Å². The zero-order chi connectivity index (χ0) is 10.8. The van der Waals surface area contributed by atoms with Crippen LogP contribution < -0.4 is 5.73 Å². The van der Waals surface area contributed by atoms with E-state index in [9.17, 15) is 0 Å².